The molecular formula is C11H18ClN3. The zero-order valence-electron chi connectivity index (χ0n) is 9.17. The van der Waals surface area contributed by atoms with E-state index < -0.39 is 0 Å². The van der Waals surface area contributed by atoms with Crippen molar-refractivity contribution in [3.8, 4) is 0 Å². The highest BCUT2D eigenvalue weighted by Crippen LogP contribution is 2.18. The maximum atomic E-state index is 6.05. The van der Waals surface area contributed by atoms with Crippen LogP contribution in [0.3, 0.4) is 0 Å². The summed E-state index contributed by atoms with van der Waals surface area (Å²) in [5, 5.41) is 4.20. The number of nitrogens with one attached hydrogen (secondary N) is 1. The molecule has 1 unspecified atom stereocenters. The summed E-state index contributed by atoms with van der Waals surface area (Å²) in [6, 6.07) is 0. The highest BCUT2D eigenvalue weighted by Gasteiger charge is 2.13. The van der Waals surface area contributed by atoms with Crippen LogP contribution in [0.5, 0.6) is 0 Å². The fraction of sp³-hybridized carbons (Fsp3) is 0.727. The summed E-state index contributed by atoms with van der Waals surface area (Å²) in [6.45, 7) is 5.34. The van der Waals surface area contributed by atoms with Crippen molar-refractivity contribution in [2.24, 2.45) is 5.92 Å². The molecule has 15 heavy (non-hydrogen) atoms. The van der Waals surface area contributed by atoms with Gasteiger partial charge in [0.05, 0.1) is 6.20 Å². The van der Waals surface area contributed by atoms with E-state index >= 15 is 0 Å². The van der Waals surface area contributed by atoms with Crippen molar-refractivity contribution in [2.75, 3.05) is 13.1 Å². The fourth-order valence-electron chi connectivity index (χ4n) is 2.19. The maximum Gasteiger partial charge on any atom is 0.128 e. The van der Waals surface area contributed by atoms with Gasteiger partial charge in [0.15, 0.2) is 0 Å². The zero-order valence-corrected chi connectivity index (χ0v) is 9.93. The van der Waals surface area contributed by atoms with Crippen LogP contribution in [0, 0.1) is 12.8 Å². The molecular weight excluding hydrogens is 210 g/mol. The SMILES string of the molecule is Cc1ncc(Cl)n1CCC1CCCNC1. The van der Waals surface area contributed by atoms with E-state index in [2.05, 4.69) is 14.9 Å². The van der Waals surface area contributed by atoms with Crippen molar-refractivity contribution in [3.63, 3.8) is 0 Å². The Balaban J connectivity index is 1.87. The van der Waals surface area contributed by atoms with Crippen LogP contribution in [-0.2, 0) is 6.54 Å². The van der Waals surface area contributed by atoms with Crippen LogP contribution in [0.15, 0.2) is 6.20 Å². The molecule has 0 aromatic carbocycles. The Hall–Kier alpha value is -0.540. The van der Waals surface area contributed by atoms with Gasteiger partial charge in [-0.3, -0.25) is 0 Å². The molecule has 84 valence electrons. The standard InChI is InChI=1S/C11H18ClN3/c1-9-14-8-11(12)15(9)6-4-10-3-2-5-13-7-10/h8,10,13H,2-7H2,1H3. The second kappa shape index (κ2) is 4.99. The summed E-state index contributed by atoms with van der Waals surface area (Å²) in [7, 11) is 0. The molecule has 1 aliphatic heterocycles. The molecule has 4 heteroatoms. The van der Waals surface area contributed by atoms with Crippen LogP contribution in [0.25, 0.3) is 0 Å². The summed E-state index contributed by atoms with van der Waals surface area (Å²) in [4.78, 5) is 4.20. The van der Waals surface area contributed by atoms with Crippen molar-refractivity contribution >= 4 is 11.6 Å². The third kappa shape index (κ3) is 2.73. The highest BCUT2D eigenvalue weighted by molar-refractivity contribution is 6.29. The first-order valence-corrected chi connectivity index (χ1v) is 6.03. The van der Waals surface area contributed by atoms with E-state index in [1.165, 1.54) is 25.8 Å². The van der Waals surface area contributed by atoms with Crippen LogP contribution in [0.1, 0.15) is 25.1 Å². The Labute approximate surface area is 95.8 Å². The van der Waals surface area contributed by atoms with E-state index in [1.807, 2.05) is 6.92 Å². The molecule has 1 atom stereocenters. The van der Waals surface area contributed by atoms with Crippen molar-refractivity contribution in [3.05, 3.63) is 17.2 Å². The second-order valence-electron chi connectivity index (χ2n) is 4.28. The number of halogens is 1. The first-order valence-electron chi connectivity index (χ1n) is 5.65. The number of rotatable bonds is 3. The minimum absolute atomic E-state index is 0.760. The predicted molar refractivity (Wildman–Crippen MR) is 62.2 cm³/mol. The number of aryl methyl sites for hydroxylation is 1. The van der Waals surface area contributed by atoms with Gasteiger partial charge in [0.1, 0.15) is 11.0 Å². The number of aromatic nitrogens is 2. The molecule has 1 aromatic rings. The van der Waals surface area contributed by atoms with Gasteiger partial charge in [-0.1, -0.05) is 11.6 Å². The van der Waals surface area contributed by atoms with Gasteiger partial charge in [-0.25, -0.2) is 4.98 Å². The van der Waals surface area contributed by atoms with Gasteiger partial charge in [0, 0.05) is 6.54 Å². The average molecular weight is 228 g/mol. The van der Waals surface area contributed by atoms with Crippen LogP contribution >= 0.6 is 11.6 Å². The van der Waals surface area contributed by atoms with Crippen LogP contribution < -0.4 is 5.32 Å². The van der Waals surface area contributed by atoms with E-state index in [9.17, 15) is 0 Å². The molecule has 1 fully saturated rings. The number of imidazole rings is 1. The van der Waals surface area contributed by atoms with Crippen molar-refractivity contribution in [2.45, 2.75) is 32.7 Å². The first-order chi connectivity index (χ1) is 7.27. The lowest BCUT2D eigenvalue weighted by molar-refractivity contribution is 0.341. The second-order valence-corrected chi connectivity index (χ2v) is 4.67. The summed E-state index contributed by atoms with van der Waals surface area (Å²) >= 11 is 6.05. The van der Waals surface area contributed by atoms with E-state index in [0.717, 1.165) is 30.0 Å². The van der Waals surface area contributed by atoms with E-state index in [-0.39, 0.29) is 0 Å². The Morgan fingerprint density at radius 1 is 1.67 bits per heavy atom. The molecule has 1 aliphatic rings. The molecule has 0 radical (unpaired) electrons. The number of hydrogen-bond donors (Lipinski definition) is 1. The molecule has 3 nitrogen and oxygen atoms in total. The summed E-state index contributed by atoms with van der Waals surface area (Å²) in [5.74, 6) is 1.82. The summed E-state index contributed by atoms with van der Waals surface area (Å²) < 4.78 is 2.09. The Bertz CT molecular complexity index is 296. The van der Waals surface area contributed by atoms with Gasteiger partial charge >= 0.3 is 0 Å². The minimum Gasteiger partial charge on any atom is -0.319 e. The van der Waals surface area contributed by atoms with Gasteiger partial charge in [0.2, 0.25) is 0 Å². The third-order valence-corrected chi connectivity index (χ3v) is 3.47. The minimum atomic E-state index is 0.760. The summed E-state index contributed by atoms with van der Waals surface area (Å²) in [5.41, 5.74) is 0. The molecule has 1 aromatic heterocycles. The number of piperidine rings is 1. The van der Waals surface area contributed by atoms with Crippen LogP contribution in [0.4, 0.5) is 0 Å². The molecule has 1 N–H and O–H groups in total. The van der Waals surface area contributed by atoms with Gasteiger partial charge in [0.25, 0.3) is 0 Å². The van der Waals surface area contributed by atoms with E-state index in [4.69, 9.17) is 11.6 Å². The Kier molecular flexibility index (Phi) is 3.65. The topological polar surface area (TPSA) is 29.9 Å². The van der Waals surface area contributed by atoms with Gasteiger partial charge in [-0.05, 0) is 45.2 Å². The van der Waals surface area contributed by atoms with E-state index in [1.54, 1.807) is 6.20 Å². The van der Waals surface area contributed by atoms with Gasteiger partial charge < -0.3 is 9.88 Å². The smallest absolute Gasteiger partial charge is 0.128 e. The highest BCUT2D eigenvalue weighted by atomic mass is 35.5. The van der Waals surface area contributed by atoms with Crippen molar-refractivity contribution in [1.82, 2.24) is 14.9 Å². The van der Waals surface area contributed by atoms with Crippen LogP contribution in [0.2, 0.25) is 5.15 Å². The lowest BCUT2D eigenvalue weighted by Crippen LogP contribution is -2.30. The number of hydrogen-bond acceptors (Lipinski definition) is 2. The lowest BCUT2D eigenvalue weighted by Gasteiger charge is -2.23. The molecule has 0 spiro atoms. The van der Waals surface area contributed by atoms with Gasteiger partial charge in [-0.2, -0.15) is 0 Å². The molecule has 2 heterocycles. The number of nitrogens with zero attached hydrogens (tertiary/aromatic N) is 2. The normalized spacial score (nSPS) is 21.9. The quantitative estimate of drug-likeness (QED) is 0.859. The van der Waals surface area contributed by atoms with Crippen molar-refractivity contribution in [1.29, 1.82) is 0 Å². The first kappa shape index (κ1) is 11.0. The molecule has 0 saturated carbocycles. The zero-order chi connectivity index (χ0) is 10.7. The van der Waals surface area contributed by atoms with Gasteiger partial charge in [-0.15, -0.1) is 0 Å². The van der Waals surface area contributed by atoms with Crippen molar-refractivity contribution < 1.29 is 0 Å². The Morgan fingerprint density at radius 2 is 2.53 bits per heavy atom. The average Bonchev–Trinajstić information content (AvgIpc) is 2.58. The third-order valence-electron chi connectivity index (χ3n) is 3.17. The lowest BCUT2D eigenvalue weighted by atomic mass is 9.96. The largest absolute Gasteiger partial charge is 0.319 e. The van der Waals surface area contributed by atoms with Crippen LogP contribution in [-0.4, -0.2) is 22.6 Å². The Morgan fingerprint density at radius 3 is 3.13 bits per heavy atom. The molecule has 2 rings (SSSR count). The summed E-state index contributed by atoms with van der Waals surface area (Å²) in [6.07, 6.45) is 5.58. The predicted octanol–water partition coefficient (Wildman–Crippen LogP) is 2.23. The molecule has 0 aliphatic carbocycles. The van der Waals surface area contributed by atoms with E-state index in [0.29, 0.717) is 0 Å². The fourth-order valence-corrected chi connectivity index (χ4v) is 2.45. The molecule has 0 amide bonds. The maximum absolute atomic E-state index is 6.05. The molecule has 1 saturated heterocycles. The molecule has 0 bridgehead atoms. The monoisotopic (exact) mass is 227 g/mol.